The van der Waals surface area contributed by atoms with E-state index in [-0.39, 0.29) is 42.5 Å². The number of hydroxylamine groups is 2. The smallest absolute Gasteiger partial charge is 0.302 e. The summed E-state index contributed by atoms with van der Waals surface area (Å²) in [6, 6.07) is 20.5. The van der Waals surface area contributed by atoms with Gasteiger partial charge in [0.05, 0.1) is 32.2 Å². The first-order valence-corrected chi connectivity index (χ1v) is 20.7. The molecule has 3 aliphatic carbocycles. The predicted molar refractivity (Wildman–Crippen MR) is 230 cm³/mol. The molecule has 0 aromatic heterocycles. The number of methoxy groups -OCH3 is 1. The van der Waals surface area contributed by atoms with Crippen molar-refractivity contribution in [2.24, 2.45) is 23.2 Å². The lowest BCUT2D eigenvalue weighted by Crippen LogP contribution is -2.59. The van der Waals surface area contributed by atoms with Gasteiger partial charge in [-0.2, -0.15) is 5.06 Å². The number of likely N-dealkylation sites (N-methyl/N-ethyl adjacent to an activating group) is 1. The summed E-state index contributed by atoms with van der Waals surface area (Å²) in [6.45, 7) is 12.4. The van der Waals surface area contributed by atoms with Crippen LogP contribution in [0.5, 0.6) is 5.75 Å². The van der Waals surface area contributed by atoms with Gasteiger partial charge in [-0.3, -0.25) is 19.2 Å². The van der Waals surface area contributed by atoms with Gasteiger partial charge in [0, 0.05) is 56.0 Å². The second kappa shape index (κ2) is 18.3. The molecule has 2 bridgehead atoms. The zero-order valence-electron chi connectivity index (χ0n) is 36.2. The molecule has 59 heavy (non-hydrogen) atoms. The second-order valence-electron chi connectivity index (χ2n) is 17.7. The van der Waals surface area contributed by atoms with Crippen molar-refractivity contribution in [1.29, 1.82) is 0 Å². The first-order valence-electron chi connectivity index (χ1n) is 20.7. The van der Waals surface area contributed by atoms with Crippen molar-refractivity contribution in [3.63, 3.8) is 0 Å². The minimum Gasteiger partial charge on any atom is -0.496 e. The lowest BCUT2D eigenvalue weighted by Gasteiger charge is -2.60. The molecule has 7 rings (SSSR count). The van der Waals surface area contributed by atoms with E-state index in [1.165, 1.54) is 6.92 Å². The van der Waals surface area contributed by atoms with E-state index in [4.69, 9.17) is 14.3 Å². The number of benzene rings is 3. The van der Waals surface area contributed by atoms with E-state index in [2.05, 4.69) is 48.1 Å². The molecule has 318 valence electrons. The third-order valence-electron chi connectivity index (χ3n) is 12.8. The van der Waals surface area contributed by atoms with Crippen LogP contribution in [0.3, 0.4) is 0 Å². The molecule has 12 heteroatoms. The van der Waals surface area contributed by atoms with Gasteiger partial charge in [-0.05, 0) is 86.9 Å². The summed E-state index contributed by atoms with van der Waals surface area (Å²) >= 11 is 0. The van der Waals surface area contributed by atoms with Gasteiger partial charge in [-0.1, -0.05) is 74.5 Å². The lowest BCUT2D eigenvalue weighted by atomic mass is 9.46. The molecule has 1 aliphatic heterocycles. The molecule has 1 heterocycles. The number of amides is 2. The summed E-state index contributed by atoms with van der Waals surface area (Å²) < 4.78 is 11.8. The van der Waals surface area contributed by atoms with Crippen molar-refractivity contribution in [3.8, 4) is 16.9 Å². The standard InChI is InChI=1S/C47H63N5O7/c1-28-39-23-35(47(39,4)5)24-40(28)49-46(56)43-42(29(2)58-30(3)54)41(27-53)59-52(43)25-32-17-14-18-38(44(32)57-10)33-20-34(22-37(21-33)51(8)9)45(55)48-36(26-50(6)7)19-31-15-12-11-13-16-31/h11-18,20-22,29,35-36,39-43,53H,1,19,23-27H2,2-10H3,(H,48,55)(H,49,56)/t29-,35+,36-,39-,40-,41-,42+,43-/m0/s1. The Kier molecular flexibility index (Phi) is 13.6. The molecule has 3 aromatic carbocycles. The Balaban J connectivity index is 1.31. The number of fused-ring (bicyclic) bond motifs is 2. The van der Waals surface area contributed by atoms with Crippen LogP contribution in [-0.4, -0.2) is 112 Å². The van der Waals surface area contributed by atoms with Crippen LogP contribution in [0.15, 0.2) is 78.9 Å². The van der Waals surface area contributed by atoms with Crippen LogP contribution in [0.1, 0.15) is 62.0 Å². The number of rotatable bonds is 16. The average Bonchev–Trinajstić information content (AvgIpc) is 3.56. The number of esters is 1. The Morgan fingerprint density at radius 1 is 1.03 bits per heavy atom. The fourth-order valence-electron chi connectivity index (χ4n) is 9.60. The topological polar surface area (TPSA) is 133 Å². The molecular formula is C47H63N5O7. The second-order valence-corrected chi connectivity index (χ2v) is 17.7. The maximum absolute atomic E-state index is 14.5. The number of hydrogen-bond donors (Lipinski definition) is 3. The first-order chi connectivity index (χ1) is 28.0. The Morgan fingerprint density at radius 3 is 2.37 bits per heavy atom. The summed E-state index contributed by atoms with van der Waals surface area (Å²) in [5.74, 6) is -0.248. The van der Waals surface area contributed by atoms with Crippen molar-refractivity contribution in [2.75, 3.05) is 53.4 Å². The van der Waals surface area contributed by atoms with E-state index in [9.17, 15) is 19.5 Å². The van der Waals surface area contributed by atoms with Crippen LogP contribution in [0.2, 0.25) is 0 Å². The number of hydrogen-bond acceptors (Lipinski definition) is 10. The fourth-order valence-corrected chi connectivity index (χ4v) is 9.60. The monoisotopic (exact) mass is 809 g/mol. The Labute approximate surface area is 349 Å². The quantitative estimate of drug-likeness (QED) is 0.126. The number of anilines is 1. The molecule has 12 nitrogen and oxygen atoms in total. The number of aliphatic hydroxyl groups excluding tert-OH is 1. The highest BCUT2D eigenvalue weighted by atomic mass is 16.7. The van der Waals surface area contributed by atoms with Crippen LogP contribution in [0.4, 0.5) is 5.69 Å². The van der Waals surface area contributed by atoms with E-state index in [1.54, 1.807) is 19.1 Å². The van der Waals surface area contributed by atoms with Gasteiger partial charge in [-0.15, -0.1) is 0 Å². The highest BCUT2D eigenvalue weighted by Gasteiger charge is 2.56. The average molecular weight is 810 g/mol. The number of para-hydroxylation sites is 1. The number of aliphatic hydroxyl groups is 1. The molecule has 0 unspecified atom stereocenters. The molecular weight excluding hydrogens is 747 g/mol. The minimum atomic E-state index is -0.910. The van der Waals surface area contributed by atoms with E-state index >= 15 is 0 Å². The Bertz CT molecular complexity index is 2000. The molecule has 3 N–H and O–H groups in total. The summed E-state index contributed by atoms with van der Waals surface area (Å²) in [5, 5.41) is 18.7. The van der Waals surface area contributed by atoms with Gasteiger partial charge in [0.25, 0.3) is 5.91 Å². The van der Waals surface area contributed by atoms with Gasteiger partial charge in [0.1, 0.15) is 24.0 Å². The SMILES string of the molecule is C=C1[C@@H](NC(=O)[C@@H]2[C@H]([C@H](C)OC(C)=O)[C@H](CO)ON2Cc2cccc(-c3cc(C(=O)N[C@@H](Cc4ccccc4)CN(C)C)cc(N(C)C)c3)c2OC)C[C@H]2C[C@@H]1C2(C)C. The third-order valence-corrected chi connectivity index (χ3v) is 12.8. The zero-order chi connectivity index (χ0) is 42.8. The molecule has 0 radical (unpaired) electrons. The highest BCUT2D eigenvalue weighted by Crippen LogP contribution is 2.60. The molecule has 4 fully saturated rings. The summed E-state index contributed by atoms with van der Waals surface area (Å²) in [7, 11) is 9.46. The van der Waals surface area contributed by atoms with Gasteiger partial charge in [-0.25, -0.2) is 0 Å². The largest absolute Gasteiger partial charge is 0.496 e. The summed E-state index contributed by atoms with van der Waals surface area (Å²) in [5.41, 5.74) is 5.93. The van der Waals surface area contributed by atoms with Crippen LogP contribution < -0.4 is 20.3 Å². The zero-order valence-corrected chi connectivity index (χ0v) is 36.2. The predicted octanol–water partition coefficient (Wildman–Crippen LogP) is 5.48. The first kappa shape index (κ1) is 43.8. The molecule has 1 saturated heterocycles. The Hall–Kier alpha value is -4.75. The van der Waals surface area contributed by atoms with Crippen molar-refractivity contribution >= 4 is 23.5 Å². The minimum absolute atomic E-state index is 0.116. The molecule has 3 aromatic rings. The number of nitrogens with one attached hydrogen (secondary N) is 2. The van der Waals surface area contributed by atoms with Gasteiger partial charge >= 0.3 is 5.97 Å². The van der Waals surface area contributed by atoms with Crippen molar-refractivity contribution in [2.45, 2.75) is 83.8 Å². The third kappa shape index (κ3) is 9.51. The summed E-state index contributed by atoms with van der Waals surface area (Å²) in [4.78, 5) is 51.2. The molecule has 2 amide bonds. The molecule has 0 spiro atoms. The molecule has 3 saturated carbocycles. The van der Waals surface area contributed by atoms with Gasteiger partial charge in [0.2, 0.25) is 5.91 Å². The number of ether oxygens (including phenoxy) is 2. The van der Waals surface area contributed by atoms with E-state index in [1.807, 2.05) is 87.7 Å². The van der Waals surface area contributed by atoms with Crippen molar-refractivity contribution in [3.05, 3.63) is 95.6 Å². The van der Waals surface area contributed by atoms with E-state index in [0.717, 1.165) is 46.4 Å². The van der Waals surface area contributed by atoms with Gasteiger partial charge < -0.3 is 35.0 Å². The number of nitrogens with zero attached hydrogens (tertiary/aromatic N) is 3. The van der Waals surface area contributed by atoms with E-state index in [0.29, 0.717) is 36.1 Å². The number of carbonyl (C=O) groups is 3. The van der Waals surface area contributed by atoms with Crippen LogP contribution in [0, 0.1) is 23.2 Å². The highest BCUT2D eigenvalue weighted by molar-refractivity contribution is 5.97. The maximum atomic E-state index is 14.5. The molecule has 4 aliphatic rings. The van der Waals surface area contributed by atoms with Crippen molar-refractivity contribution in [1.82, 2.24) is 20.6 Å². The van der Waals surface area contributed by atoms with Crippen LogP contribution >= 0.6 is 0 Å². The summed E-state index contributed by atoms with van der Waals surface area (Å²) in [6.07, 6.45) is 1.03. The lowest BCUT2D eigenvalue weighted by molar-refractivity contribution is -0.182. The van der Waals surface area contributed by atoms with Crippen LogP contribution in [0.25, 0.3) is 11.1 Å². The van der Waals surface area contributed by atoms with E-state index < -0.39 is 30.1 Å². The maximum Gasteiger partial charge on any atom is 0.302 e. The normalized spacial score (nSPS) is 24.5. The van der Waals surface area contributed by atoms with Crippen molar-refractivity contribution < 1.29 is 33.8 Å². The number of carbonyl (C=O) groups excluding carboxylic acids is 3. The van der Waals surface area contributed by atoms with Crippen LogP contribution in [-0.2, 0) is 32.1 Å². The molecule has 8 atom stereocenters. The van der Waals surface area contributed by atoms with Gasteiger partial charge in [0.15, 0.2) is 0 Å². The fraction of sp³-hybridized carbons (Fsp3) is 0.511. The Morgan fingerprint density at radius 2 is 1.76 bits per heavy atom.